The average Bonchev–Trinajstić information content (AvgIpc) is 2.89. The fourth-order valence-electron chi connectivity index (χ4n) is 2.15. The van der Waals surface area contributed by atoms with Gasteiger partial charge in [-0.15, -0.1) is 0 Å². The Bertz CT molecular complexity index is 411. The van der Waals surface area contributed by atoms with Crippen LogP contribution < -0.4 is 0 Å². The van der Waals surface area contributed by atoms with Gasteiger partial charge in [0.2, 0.25) is 0 Å². The van der Waals surface area contributed by atoms with Crippen molar-refractivity contribution in [3.05, 3.63) is 24.3 Å². The Morgan fingerprint density at radius 2 is 2.12 bits per heavy atom. The van der Waals surface area contributed by atoms with Gasteiger partial charge in [-0.25, -0.2) is 9.97 Å². The van der Waals surface area contributed by atoms with E-state index in [9.17, 15) is 4.79 Å². The van der Waals surface area contributed by atoms with Crippen LogP contribution in [0.2, 0.25) is 0 Å². The van der Waals surface area contributed by atoms with Crippen molar-refractivity contribution < 1.29 is 9.53 Å². The molecule has 0 saturated heterocycles. The van der Waals surface area contributed by atoms with Gasteiger partial charge in [0, 0.05) is 17.8 Å². The van der Waals surface area contributed by atoms with E-state index in [1.165, 1.54) is 6.33 Å². The minimum absolute atomic E-state index is 0.0517. The van der Waals surface area contributed by atoms with Crippen LogP contribution >= 0.6 is 0 Å². The Hall–Kier alpha value is -1.45. The molecule has 17 heavy (non-hydrogen) atoms. The second-order valence-electron chi connectivity index (χ2n) is 5.58. The number of hydrogen-bond donors (Lipinski definition) is 0. The van der Waals surface area contributed by atoms with E-state index in [0.29, 0.717) is 5.92 Å². The van der Waals surface area contributed by atoms with Crippen molar-refractivity contribution >= 4 is 5.97 Å². The molecule has 1 aromatic rings. The number of esters is 1. The van der Waals surface area contributed by atoms with Gasteiger partial charge in [0.25, 0.3) is 0 Å². The van der Waals surface area contributed by atoms with Gasteiger partial charge < -0.3 is 4.74 Å². The van der Waals surface area contributed by atoms with Crippen molar-refractivity contribution in [1.82, 2.24) is 9.97 Å². The Morgan fingerprint density at radius 1 is 1.41 bits per heavy atom. The highest BCUT2D eigenvalue weighted by atomic mass is 16.6. The first kappa shape index (κ1) is 12.0. The van der Waals surface area contributed by atoms with Gasteiger partial charge in [0.15, 0.2) is 0 Å². The Morgan fingerprint density at radius 3 is 2.65 bits per heavy atom. The van der Waals surface area contributed by atoms with Gasteiger partial charge in [-0.2, -0.15) is 0 Å². The first-order chi connectivity index (χ1) is 7.90. The van der Waals surface area contributed by atoms with Crippen molar-refractivity contribution in [2.45, 2.75) is 39.2 Å². The number of hydrogen-bond acceptors (Lipinski definition) is 4. The Balaban J connectivity index is 2.04. The number of rotatable bonds is 2. The second-order valence-corrected chi connectivity index (χ2v) is 5.58. The molecular weight excluding hydrogens is 216 g/mol. The quantitative estimate of drug-likeness (QED) is 0.736. The molecule has 0 amide bonds. The van der Waals surface area contributed by atoms with E-state index in [0.717, 1.165) is 5.69 Å². The maximum atomic E-state index is 11.9. The van der Waals surface area contributed by atoms with Gasteiger partial charge in [-0.1, -0.05) is 6.92 Å². The first-order valence-corrected chi connectivity index (χ1v) is 5.89. The summed E-state index contributed by atoms with van der Waals surface area (Å²) in [4.78, 5) is 20.0. The minimum atomic E-state index is -0.421. The molecule has 0 radical (unpaired) electrons. The molecular formula is C13H18N2O2. The van der Waals surface area contributed by atoms with Crippen molar-refractivity contribution in [1.29, 1.82) is 0 Å². The van der Waals surface area contributed by atoms with Crippen LogP contribution in [0.25, 0.3) is 0 Å². The molecule has 4 nitrogen and oxygen atoms in total. The van der Waals surface area contributed by atoms with Gasteiger partial charge in [-0.05, 0) is 32.8 Å². The molecule has 2 rings (SSSR count). The van der Waals surface area contributed by atoms with Crippen LogP contribution in [-0.2, 0) is 9.53 Å². The number of carbonyl (C=O) groups excluding carboxylic acids is 1. The SMILES string of the molecule is CC1C(c2ccncn2)[C@@H]1C(=O)OC(C)(C)C. The van der Waals surface area contributed by atoms with Gasteiger partial charge in [-0.3, -0.25) is 4.79 Å². The highest BCUT2D eigenvalue weighted by Crippen LogP contribution is 2.53. The molecule has 92 valence electrons. The summed E-state index contributed by atoms with van der Waals surface area (Å²) in [6, 6.07) is 1.87. The number of ether oxygens (including phenoxy) is 1. The highest BCUT2D eigenvalue weighted by molar-refractivity contribution is 5.78. The molecule has 1 heterocycles. The van der Waals surface area contributed by atoms with Crippen molar-refractivity contribution in [2.24, 2.45) is 11.8 Å². The maximum absolute atomic E-state index is 11.9. The van der Waals surface area contributed by atoms with E-state index < -0.39 is 5.60 Å². The van der Waals surface area contributed by atoms with E-state index in [-0.39, 0.29) is 17.8 Å². The smallest absolute Gasteiger partial charge is 0.310 e. The second kappa shape index (κ2) is 4.09. The number of nitrogens with zero attached hydrogens (tertiary/aromatic N) is 2. The van der Waals surface area contributed by atoms with Crippen LogP contribution in [0.4, 0.5) is 0 Å². The predicted octanol–water partition coefficient (Wildman–Crippen LogP) is 2.17. The fourth-order valence-corrected chi connectivity index (χ4v) is 2.15. The lowest BCUT2D eigenvalue weighted by molar-refractivity contribution is -0.156. The van der Waals surface area contributed by atoms with Crippen LogP contribution in [-0.4, -0.2) is 21.5 Å². The lowest BCUT2D eigenvalue weighted by Crippen LogP contribution is -2.25. The first-order valence-electron chi connectivity index (χ1n) is 5.89. The van der Waals surface area contributed by atoms with Crippen molar-refractivity contribution in [3.8, 4) is 0 Å². The zero-order valence-electron chi connectivity index (χ0n) is 10.7. The summed E-state index contributed by atoms with van der Waals surface area (Å²) in [5.74, 6) is 0.324. The normalized spacial score (nSPS) is 27.6. The lowest BCUT2D eigenvalue weighted by Gasteiger charge is -2.19. The Labute approximate surface area is 101 Å². The summed E-state index contributed by atoms with van der Waals surface area (Å²) in [7, 11) is 0. The van der Waals surface area contributed by atoms with Crippen molar-refractivity contribution in [3.63, 3.8) is 0 Å². The maximum Gasteiger partial charge on any atom is 0.310 e. The van der Waals surface area contributed by atoms with E-state index >= 15 is 0 Å². The molecule has 4 heteroatoms. The van der Waals surface area contributed by atoms with E-state index in [4.69, 9.17) is 4.74 Å². The zero-order chi connectivity index (χ0) is 12.6. The molecule has 0 aromatic carbocycles. The number of carbonyl (C=O) groups is 1. The molecule has 0 aliphatic heterocycles. The van der Waals surface area contributed by atoms with Gasteiger partial charge >= 0.3 is 5.97 Å². The van der Waals surface area contributed by atoms with Crippen LogP contribution in [0.5, 0.6) is 0 Å². The largest absolute Gasteiger partial charge is 0.460 e. The number of aromatic nitrogens is 2. The van der Waals surface area contributed by atoms with E-state index in [1.807, 2.05) is 26.8 Å². The Kier molecular flexibility index (Phi) is 2.89. The molecule has 3 atom stereocenters. The molecule has 0 spiro atoms. The third-order valence-electron chi connectivity index (χ3n) is 3.00. The summed E-state index contributed by atoms with van der Waals surface area (Å²) in [5, 5.41) is 0. The molecule has 1 aliphatic rings. The zero-order valence-corrected chi connectivity index (χ0v) is 10.7. The standard InChI is InChI=1S/C13H18N2O2/c1-8-10(9-5-6-14-7-15-9)11(8)12(16)17-13(2,3)4/h5-8,10-11H,1-4H3/t8?,10?,11-/m1/s1. The average molecular weight is 234 g/mol. The monoisotopic (exact) mass is 234 g/mol. The molecule has 0 bridgehead atoms. The van der Waals surface area contributed by atoms with Crippen LogP contribution in [0, 0.1) is 11.8 Å². The minimum Gasteiger partial charge on any atom is -0.460 e. The van der Waals surface area contributed by atoms with E-state index in [1.54, 1.807) is 6.20 Å². The third-order valence-corrected chi connectivity index (χ3v) is 3.00. The third kappa shape index (κ3) is 2.62. The highest BCUT2D eigenvalue weighted by Gasteiger charge is 2.54. The molecule has 1 fully saturated rings. The van der Waals surface area contributed by atoms with Crippen LogP contribution in [0.3, 0.4) is 0 Å². The van der Waals surface area contributed by atoms with Crippen molar-refractivity contribution in [2.75, 3.05) is 0 Å². The molecule has 1 aliphatic carbocycles. The summed E-state index contributed by atoms with van der Waals surface area (Å²) in [6.45, 7) is 7.72. The van der Waals surface area contributed by atoms with Crippen LogP contribution in [0.1, 0.15) is 39.3 Å². The summed E-state index contributed by atoms with van der Waals surface area (Å²) in [6.07, 6.45) is 3.23. The van der Waals surface area contributed by atoms with E-state index in [2.05, 4.69) is 16.9 Å². The van der Waals surface area contributed by atoms with Gasteiger partial charge in [0.05, 0.1) is 5.92 Å². The molecule has 2 unspecified atom stereocenters. The molecule has 1 saturated carbocycles. The molecule has 0 N–H and O–H groups in total. The lowest BCUT2D eigenvalue weighted by atomic mass is 10.2. The summed E-state index contributed by atoms with van der Waals surface area (Å²) in [5.41, 5.74) is 0.513. The summed E-state index contributed by atoms with van der Waals surface area (Å²) < 4.78 is 5.40. The van der Waals surface area contributed by atoms with Crippen LogP contribution in [0.15, 0.2) is 18.6 Å². The molecule has 1 aromatic heterocycles. The van der Waals surface area contributed by atoms with Gasteiger partial charge in [0.1, 0.15) is 11.9 Å². The predicted molar refractivity (Wildman–Crippen MR) is 63.3 cm³/mol. The topological polar surface area (TPSA) is 52.1 Å². The fraction of sp³-hybridized carbons (Fsp3) is 0.615. The summed E-state index contributed by atoms with van der Waals surface area (Å²) >= 11 is 0.